The molecule has 0 radical (unpaired) electrons. The summed E-state index contributed by atoms with van der Waals surface area (Å²) in [6.07, 6.45) is 3.16. The Bertz CT molecular complexity index is 725. The zero-order valence-electron chi connectivity index (χ0n) is 12.4. The van der Waals surface area contributed by atoms with E-state index in [1.807, 2.05) is 44.2 Å². The van der Waals surface area contributed by atoms with E-state index in [0.717, 1.165) is 5.56 Å². The summed E-state index contributed by atoms with van der Waals surface area (Å²) < 4.78 is 10.7. The monoisotopic (exact) mass is 296 g/mol. The highest BCUT2D eigenvalue weighted by atomic mass is 16.5. The van der Waals surface area contributed by atoms with E-state index in [1.54, 1.807) is 12.4 Å². The number of hydrogen-bond donors (Lipinski definition) is 0. The molecule has 0 unspecified atom stereocenters. The molecule has 0 aliphatic heterocycles. The molecule has 0 amide bonds. The molecule has 2 aromatic heterocycles. The summed E-state index contributed by atoms with van der Waals surface area (Å²) in [5, 5.41) is 3.93. The molecule has 6 heteroatoms. The zero-order chi connectivity index (χ0) is 15.4. The summed E-state index contributed by atoms with van der Waals surface area (Å²) in [6, 6.07) is 9.78. The minimum atomic E-state index is -0.202. The predicted octanol–water partition coefficient (Wildman–Crippen LogP) is 3.29. The quantitative estimate of drug-likeness (QED) is 0.719. The molecule has 0 aliphatic carbocycles. The Morgan fingerprint density at radius 2 is 1.82 bits per heavy atom. The largest absolute Gasteiger partial charge is 0.371 e. The number of aromatic nitrogens is 4. The Labute approximate surface area is 128 Å². The maximum atomic E-state index is 5.44. The molecule has 22 heavy (non-hydrogen) atoms. The molecule has 0 aliphatic rings. The molecule has 112 valence electrons. The first kappa shape index (κ1) is 14.3. The van der Waals surface area contributed by atoms with Gasteiger partial charge in [0, 0.05) is 24.6 Å². The van der Waals surface area contributed by atoms with Crippen LogP contribution in [-0.2, 0) is 4.74 Å². The van der Waals surface area contributed by atoms with Crippen LogP contribution in [0.1, 0.15) is 25.8 Å². The average Bonchev–Trinajstić information content (AvgIpc) is 3.06. The van der Waals surface area contributed by atoms with Crippen molar-refractivity contribution in [3.63, 3.8) is 0 Å². The van der Waals surface area contributed by atoms with Crippen molar-refractivity contribution in [2.75, 3.05) is 6.61 Å². The number of nitrogens with zero attached hydrogens (tertiary/aromatic N) is 4. The number of rotatable bonds is 5. The van der Waals surface area contributed by atoms with E-state index in [0.29, 0.717) is 29.7 Å². The molecule has 0 saturated carbocycles. The maximum absolute atomic E-state index is 5.44. The van der Waals surface area contributed by atoms with Crippen LogP contribution in [0.25, 0.3) is 22.8 Å². The van der Waals surface area contributed by atoms with Crippen molar-refractivity contribution in [2.45, 2.75) is 20.0 Å². The SMILES string of the molecule is CCO[C@@H](C)c1noc(-c2cnc(-c3ccccc3)nc2)n1. The lowest BCUT2D eigenvalue weighted by Gasteiger charge is -2.04. The van der Waals surface area contributed by atoms with Crippen molar-refractivity contribution in [3.05, 3.63) is 48.5 Å². The van der Waals surface area contributed by atoms with Gasteiger partial charge in [-0.15, -0.1) is 0 Å². The lowest BCUT2D eigenvalue weighted by atomic mass is 10.2. The molecule has 0 saturated heterocycles. The van der Waals surface area contributed by atoms with Crippen molar-refractivity contribution >= 4 is 0 Å². The second-order valence-corrected chi connectivity index (χ2v) is 4.72. The fourth-order valence-electron chi connectivity index (χ4n) is 2.02. The summed E-state index contributed by atoms with van der Waals surface area (Å²) in [7, 11) is 0. The Morgan fingerprint density at radius 1 is 1.09 bits per heavy atom. The molecule has 6 nitrogen and oxygen atoms in total. The van der Waals surface area contributed by atoms with Gasteiger partial charge in [-0.1, -0.05) is 35.5 Å². The summed E-state index contributed by atoms with van der Waals surface area (Å²) in [4.78, 5) is 13.0. The smallest absolute Gasteiger partial charge is 0.261 e. The molecule has 0 N–H and O–H groups in total. The lowest BCUT2D eigenvalue weighted by Crippen LogP contribution is -2.01. The molecule has 3 rings (SSSR count). The second kappa shape index (κ2) is 6.44. The second-order valence-electron chi connectivity index (χ2n) is 4.72. The zero-order valence-corrected chi connectivity index (χ0v) is 12.4. The normalized spacial score (nSPS) is 12.3. The molecular formula is C16H16N4O2. The van der Waals surface area contributed by atoms with Crippen molar-refractivity contribution in [3.8, 4) is 22.8 Å². The third kappa shape index (κ3) is 3.01. The summed E-state index contributed by atoms with van der Waals surface area (Å²) in [5.74, 6) is 1.57. The van der Waals surface area contributed by atoms with Crippen LogP contribution in [-0.4, -0.2) is 26.7 Å². The fraction of sp³-hybridized carbons (Fsp3) is 0.250. The highest BCUT2D eigenvalue weighted by Crippen LogP contribution is 2.21. The molecule has 1 atom stereocenters. The van der Waals surface area contributed by atoms with E-state index in [-0.39, 0.29) is 6.10 Å². The van der Waals surface area contributed by atoms with Gasteiger partial charge >= 0.3 is 0 Å². The van der Waals surface area contributed by atoms with Crippen LogP contribution in [0.15, 0.2) is 47.2 Å². The van der Waals surface area contributed by atoms with Gasteiger partial charge in [0.2, 0.25) is 5.82 Å². The molecule has 2 heterocycles. The highest BCUT2D eigenvalue weighted by Gasteiger charge is 2.15. The van der Waals surface area contributed by atoms with Crippen molar-refractivity contribution in [1.82, 2.24) is 20.1 Å². The molecule has 0 fully saturated rings. The van der Waals surface area contributed by atoms with Gasteiger partial charge in [-0.05, 0) is 13.8 Å². The predicted molar refractivity (Wildman–Crippen MR) is 80.8 cm³/mol. The van der Waals surface area contributed by atoms with Crippen LogP contribution in [0.3, 0.4) is 0 Å². The van der Waals surface area contributed by atoms with Crippen LogP contribution in [0, 0.1) is 0 Å². The Morgan fingerprint density at radius 3 is 2.50 bits per heavy atom. The van der Waals surface area contributed by atoms with E-state index < -0.39 is 0 Å². The van der Waals surface area contributed by atoms with Gasteiger partial charge < -0.3 is 9.26 Å². The summed E-state index contributed by atoms with van der Waals surface area (Å²) >= 11 is 0. The first-order valence-electron chi connectivity index (χ1n) is 7.11. The topological polar surface area (TPSA) is 73.9 Å². The molecule has 3 aromatic rings. The standard InChI is InChI=1S/C16H16N4O2/c1-3-21-11(2)14-19-16(22-20-14)13-9-17-15(18-10-13)12-7-5-4-6-8-12/h4-11H,3H2,1-2H3/t11-/m0/s1. The first-order chi connectivity index (χ1) is 10.8. The molecular weight excluding hydrogens is 280 g/mol. The van der Waals surface area contributed by atoms with E-state index in [1.165, 1.54) is 0 Å². The van der Waals surface area contributed by atoms with Gasteiger partial charge in [0.05, 0.1) is 5.56 Å². The molecule has 1 aromatic carbocycles. The van der Waals surface area contributed by atoms with Crippen LogP contribution < -0.4 is 0 Å². The first-order valence-corrected chi connectivity index (χ1v) is 7.11. The van der Waals surface area contributed by atoms with Crippen molar-refractivity contribution in [1.29, 1.82) is 0 Å². The van der Waals surface area contributed by atoms with E-state index in [4.69, 9.17) is 9.26 Å². The van der Waals surface area contributed by atoms with Crippen LogP contribution in [0.4, 0.5) is 0 Å². The van der Waals surface area contributed by atoms with E-state index in [9.17, 15) is 0 Å². The van der Waals surface area contributed by atoms with Crippen molar-refractivity contribution in [2.24, 2.45) is 0 Å². The highest BCUT2D eigenvalue weighted by molar-refractivity contribution is 5.57. The number of hydrogen-bond acceptors (Lipinski definition) is 6. The van der Waals surface area contributed by atoms with Gasteiger partial charge in [0.25, 0.3) is 5.89 Å². The maximum Gasteiger partial charge on any atom is 0.261 e. The lowest BCUT2D eigenvalue weighted by molar-refractivity contribution is 0.0683. The Balaban J connectivity index is 1.81. The average molecular weight is 296 g/mol. The van der Waals surface area contributed by atoms with E-state index in [2.05, 4.69) is 20.1 Å². The van der Waals surface area contributed by atoms with Gasteiger partial charge in [-0.2, -0.15) is 4.98 Å². The Kier molecular flexibility index (Phi) is 4.20. The number of ether oxygens (including phenoxy) is 1. The summed E-state index contributed by atoms with van der Waals surface area (Å²) in [5.41, 5.74) is 1.65. The van der Waals surface area contributed by atoms with Crippen LogP contribution in [0.2, 0.25) is 0 Å². The summed E-state index contributed by atoms with van der Waals surface area (Å²) in [6.45, 7) is 4.40. The van der Waals surface area contributed by atoms with Gasteiger partial charge in [0.1, 0.15) is 6.10 Å². The fourth-order valence-corrected chi connectivity index (χ4v) is 2.02. The minimum absolute atomic E-state index is 0.202. The van der Waals surface area contributed by atoms with Gasteiger partial charge in [-0.3, -0.25) is 0 Å². The third-order valence-corrected chi connectivity index (χ3v) is 3.15. The van der Waals surface area contributed by atoms with E-state index >= 15 is 0 Å². The Hall–Kier alpha value is -2.60. The van der Waals surface area contributed by atoms with Crippen LogP contribution >= 0.6 is 0 Å². The minimum Gasteiger partial charge on any atom is -0.371 e. The van der Waals surface area contributed by atoms with Crippen LogP contribution in [0.5, 0.6) is 0 Å². The van der Waals surface area contributed by atoms with Crippen molar-refractivity contribution < 1.29 is 9.26 Å². The molecule has 0 bridgehead atoms. The van der Waals surface area contributed by atoms with Gasteiger partial charge in [0.15, 0.2) is 5.82 Å². The van der Waals surface area contributed by atoms with Gasteiger partial charge in [-0.25, -0.2) is 9.97 Å². The third-order valence-electron chi connectivity index (χ3n) is 3.15. The molecule has 0 spiro atoms. The number of benzene rings is 1.